The number of amides is 1. The average molecular weight is 365 g/mol. The van der Waals surface area contributed by atoms with Crippen LogP contribution >= 0.6 is 0 Å². The summed E-state index contributed by atoms with van der Waals surface area (Å²) in [5, 5.41) is 21.6. The molecular weight excluding hydrogens is 340 g/mol. The zero-order valence-corrected chi connectivity index (χ0v) is 15.7. The van der Waals surface area contributed by atoms with Crippen LogP contribution in [0.1, 0.15) is 53.0 Å². The van der Waals surface area contributed by atoms with Gasteiger partial charge in [0.1, 0.15) is 5.82 Å². The van der Waals surface area contributed by atoms with E-state index < -0.39 is 41.4 Å². The van der Waals surface area contributed by atoms with Crippen molar-refractivity contribution < 1.29 is 28.7 Å². The van der Waals surface area contributed by atoms with Crippen LogP contribution in [0.15, 0.2) is 18.2 Å². The summed E-state index contributed by atoms with van der Waals surface area (Å²) in [6, 6.07) is 4.54. The first-order valence-electron chi connectivity index (χ1n) is 8.66. The zero-order valence-electron chi connectivity index (χ0n) is 15.7. The third-order valence-electron chi connectivity index (χ3n) is 5.75. The molecule has 3 rings (SSSR count). The highest BCUT2D eigenvalue weighted by Crippen LogP contribution is 2.48. The molecule has 1 saturated carbocycles. The molecule has 2 aliphatic rings. The fraction of sp³-hybridized carbons (Fsp3) is 0.611. The second kappa shape index (κ2) is 5.68. The van der Waals surface area contributed by atoms with E-state index in [4.69, 9.17) is 14.4 Å². The minimum absolute atomic E-state index is 0.110. The second-order valence-corrected chi connectivity index (χ2v) is 8.69. The summed E-state index contributed by atoms with van der Waals surface area (Å²) in [7, 11) is -0.698. The summed E-state index contributed by atoms with van der Waals surface area (Å²) >= 11 is 0. The molecule has 3 N–H and O–H groups in total. The van der Waals surface area contributed by atoms with Gasteiger partial charge < -0.3 is 24.8 Å². The molecule has 1 aromatic carbocycles. The maximum absolute atomic E-state index is 14.9. The van der Waals surface area contributed by atoms with E-state index in [0.29, 0.717) is 5.46 Å². The first kappa shape index (κ1) is 19.1. The summed E-state index contributed by atoms with van der Waals surface area (Å²) in [6.07, 6.45) is -1.03. The monoisotopic (exact) mass is 365 g/mol. The van der Waals surface area contributed by atoms with Gasteiger partial charge in [-0.25, -0.2) is 9.18 Å². The van der Waals surface area contributed by atoms with E-state index in [-0.39, 0.29) is 18.4 Å². The van der Waals surface area contributed by atoms with Crippen molar-refractivity contribution in [1.29, 1.82) is 0 Å². The van der Waals surface area contributed by atoms with Gasteiger partial charge in [-0.1, -0.05) is 12.1 Å². The standard InChI is InChI=1S/C18H25BFNO5/c1-15(2)16(3,4)26-19(25-15)11-6-7-12(13(20)8-11)18(21-14(22)23)9-17(5,24)10-18/h6-8,21,24H,9-10H2,1-5H3,(H,22,23)/t17-,18+. The van der Waals surface area contributed by atoms with Gasteiger partial charge in [-0.2, -0.15) is 0 Å². The summed E-state index contributed by atoms with van der Waals surface area (Å²) in [4.78, 5) is 11.2. The predicted octanol–water partition coefficient (Wildman–Crippen LogP) is 2.13. The van der Waals surface area contributed by atoms with Gasteiger partial charge in [0.2, 0.25) is 0 Å². The quantitative estimate of drug-likeness (QED) is 0.715. The SMILES string of the molecule is CC1(C)OB(c2ccc([C@]3(NC(=O)O)C[C@@](C)(O)C3)c(F)c2)OC1(C)C. The lowest BCUT2D eigenvalue weighted by Crippen LogP contribution is -2.62. The maximum atomic E-state index is 14.9. The molecule has 0 aromatic heterocycles. The van der Waals surface area contributed by atoms with E-state index in [9.17, 15) is 14.3 Å². The molecule has 1 saturated heterocycles. The van der Waals surface area contributed by atoms with Gasteiger partial charge in [-0.05, 0) is 46.1 Å². The van der Waals surface area contributed by atoms with Gasteiger partial charge in [-0.15, -0.1) is 0 Å². The molecule has 142 valence electrons. The van der Waals surface area contributed by atoms with Crippen molar-refractivity contribution in [3.8, 4) is 0 Å². The Bertz CT molecular complexity index is 725. The van der Waals surface area contributed by atoms with Gasteiger partial charge in [-0.3, -0.25) is 0 Å². The fourth-order valence-corrected chi connectivity index (χ4v) is 3.84. The van der Waals surface area contributed by atoms with Gasteiger partial charge >= 0.3 is 13.2 Å². The molecule has 1 amide bonds. The molecule has 0 atom stereocenters. The Morgan fingerprint density at radius 2 is 1.69 bits per heavy atom. The van der Waals surface area contributed by atoms with Crippen molar-refractivity contribution in [1.82, 2.24) is 5.32 Å². The number of benzene rings is 1. The van der Waals surface area contributed by atoms with Crippen LogP contribution in [0.25, 0.3) is 0 Å². The largest absolute Gasteiger partial charge is 0.494 e. The van der Waals surface area contributed by atoms with Crippen LogP contribution in [0.4, 0.5) is 9.18 Å². The van der Waals surface area contributed by atoms with Crippen LogP contribution in [0.5, 0.6) is 0 Å². The lowest BCUT2D eigenvalue weighted by Gasteiger charge is -2.51. The van der Waals surface area contributed by atoms with Crippen molar-refractivity contribution in [3.05, 3.63) is 29.6 Å². The smallest absolute Gasteiger partial charge is 0.465 e. The van der Waals surface area contributed by atoms with E-state index in [0.717, 1.165) is 0 Å². The van der Waals surface area contributed by atoms with Crippen molar-refractivity contribution in [3.63, 3.8) is 0 Å². The van der Waals surface area contributed by atoms with Gasteiger partial charge in [0.05, 0.1) is 22.3 Å². The lowest BCUT2D eigenvalue weighted by atomic mass is 9.62. The zero-order chi connectivity index (χ0) is 19.5. The molecule has 1 aliphatic carbocycles. The van der Waals surface area contributed by atoms with Crippen LogP contribution in [0.2, 0.25) is 0 Å². The highest BCUT2D eigenvalue weighted by molar-refractivity contribution is 6.62. The number of carboxylic acid groups (broad SMARTS) is 1. The number of rotatable bonds is 3. The summed E-state index contributed by atoms with van der Waals surface area (Å²) in [6.45, 7) is 9.27. The van der Waals surface area contributed by atoms with Crippen molar-refractivity contribution in [2.75, 3.05) is 0 Å². The van der Waals surface area contributed by atoms with Crippen LogP contribution in [0, 0.1) is 5.82 Å². The highest BCUT2D eigenvalue weighted by Gasteiger charge is 2.55. The van der Waals surface area contributed by atoms with E-state index in [1.54, 1.807) is 19.1 Å². The minimum Gasteiger partial charge on any atom is -0.465 e. The fourth-order valence-electron chi connectivity index (χ4n) is 3.84. The second-order valence-electron chi connectivity index (χ2n) is 8.69. The molecular formula is C18H25BFNO5. The van der Waals surface area contributed by atoms with Crippen LogP contribution < -0.4 is 10.8 Å². The normalized spacial score (nSPS) is 32.2. The predicted molar refractivity (Wildman–Crippen MR) is 94.8 cm³/mol. The Kier molecular flexibility index (Phi) is 4.18. The molecule has 1 heterocycles. The first-order chi connectivity index (χ1) is 11.8. The Morgan fingerprint density at radius 1 is 1.15 bits per heavy atom. The first-order valence-corrected chi connectivity index (χ1v) is 8.66. The molecule has 26 heavy (non-hydrogen) atoms. The molecule has 0 spiro atoms. The van der Waals surface area contributed by atoms with Crippen molar-refractivity contribution in [2.24, 2.45) is 0 Å². The van der Waals surface area contributed by atoms with Crippen LogP contribution in [-0.4, -0.2) is 40.2 Å². The Hall–Kier alpha value is -1.64. The van der Waals surface area contributed by atoms with Crippen molar-refractivity contribution >= 4 is 18.7 Å². The highest BCUT2D eigenvalue weighted by atomic mass is 19.1. The van der Waals surface area contributed by atoms with Gasteiger partial charge in [0, 0.05) is 18.4 Å². The van der Waals surface area contributed by atoms with E-state index in [1.165, 1.54) is 6.07 Å². The summed E-state index contributed by atoms with van der Waals surface area (Å²) < 4.78 is 26.7. The minimum atomic E-state index is -1.25. The van der Waals surface area contributed by atoms with E-state index >= 15 is 0 Å². The van der Waals surface area contributed by atoms with Gasteiger partial charge in [0.15, 0.2) is 0 Å². The summed E-state index contributed by atoms with van der Waals surface area (Å²) in [5.41, 5.74) is -2.49. The number of aliphatic hydroxyl groups is 1. The molecule has 1 aromatic rings. The third-order valence-corrected chi connectivity index (χ3v) is 5.75. The molecule has 0 radical (unpaired) electrons. The average Bonchev–Trinajstić information content (AvgIpc) is 2.64. The van der Waals surface area contributed by atoms with Gasteiger partial charge in [0.25, 0.3) is 0 Å². The molecule has 0 unspecified atom stereocenters. The van der Waals surface area contributed by atoms with E-state index in [2.05, 4.69) is 5.32 Å². The summed E-state index contributed by atoms with van der Waals surface area (Å²) in [5.74, 6) is -0.554. The molecule has 2 fully saturated rings. The third kappa shape index (κ3) is 3.10. The number of halogens is 1. The lowest BCUT2D eigenvalue weighted by molar-refractivity contribution is -0.0869. The Morgan fingerprint density at radius 3 is 2.12 bits per heavy atom. The number of hydrogen-bond acceptors (Lipinski definition) is 4. The number of hydrogen-bond donors (Lipinski definition) is 3. The molecule has 8 heteroatoms. The van der Waals surface area contributed by atoms with Crippen molar-refractivity contribution in [2.45, 2.75) is 69.8 Å². The van der Waals surface area contributed by atoms with E-state index in [1.807, 2.05) is 27.7 Å². The number of carbonyl (C=O) groups is 1. The van der Waals surface area contributed by atoms with Crippen LogP contribution in [-0.2, 0) is 14.8 Å². The van der Waals surface area contributed by atoms with Crippen LogP contribution in [0.3, 0.4) is 0 Å². The number of nitrogens with one attached hydrogen (secondary N) is 1. The maximum Gasteiger partial charge on any atom is 0.494 e. The Labute approximate surface area is 152 Å². The molecule has 6 nitrogen and oxygen atoms in total. The molecule has 1 aliphatic heterocycles. The molecule has 0 bridgehead atoms. The topological polar surface area (TPSA) is 88.0 Å². The Balaban J connectivity index is 1.90.